The van der Waals surface area contributed by atoms with Gasteiger partial charge in [0.15, 0.2) is 11.5 Å². The Labute approximate surface area is 287 Å². The first kappa shape index (κ1) is 34.2. The molecule has 0 spiro atoms. The number of anilines is 1. The first-order chi connectivity index (χ1) is 23.0. The Balaban J connectivity index is 1.28. The van der Waals surface area contributed by atoms with E-state index in [9.17, 15) is 19.5 Å². The molecule has 3 aromatic rings. The van der Waals surface area contributed by atoms with Crippen LogP contribution in [0.2, 0.25) is 0 Å². The molecule has 0 aromatic heterocycles. The van der Waals surface area contributed by atoms with Gasteiger partial charge in [-0.3, -0.25) is 4.79 Å². The predicted octanol–water partition coefficient (Wildman–Crippen LogP) is 2.31. The first-order valence-corrected chi connectivity index (χ1v) is 24.7. The van der Waals surface area contributed by atoms with Crippen molar-refractivity contribution in [2.24, 2.45) is 5.92 Å². The Kier molecular flexibility index (Phi) is 10.3. The van der Waals surface area contributed by atoms with Crippen LogP contribution in [0.5, 0.6) is 11.5 Å². The molecule has 3 aliphatic heterocycles. The van der Waals surface area contributed by atoms with E-state index in [4.69, 9.17) is 9.47 Å². The number of benzene rings is 3. The minimum atomic E-state index is -1.81. The van der Waals surface area contributed by atoms with E-state index in [0.717, 1.165) is 34.1 Å². The summed E-state index contributed by atoms with van der Waals surface area (Å²) in [5, 5.41) is 10.7. The Morgan fingerprint density at radius 3 is 2.54 bits per heavy atom. The second-order valence-corrected chi connectivity index (χ2v) is 25.7. The fourth-order valence-electron chi connectivity index (χ4n) is 7.36. The number of aliphatic carboxylic acids is 1. The summed E-state index contributed by atoms with van der Waals surface area (Å²) in [5.74, 6) is -0.874. The van der Waals surface area contributed by atoms with Crippen molar-refractivity contribution in [3.05, 3.63) is 89.0 Å². The molecule has 0 aliphatic carbocycles. The molecule has 3 heterocycles. The summed E-state index contributed by atoms with van der Waals surface area (Å²) in [6.45, 7) is 4.25. The molecule has 1 N–H and O–H groups in total. The van der Waals surface area contributed by atoms with Gasteiger partial charge in [-0.05, 0) is 17.7 Å². The Morgan fingerprint density at radius 1 is 1.00 bits per heavy atom. The van der Waals surface area contributed by atoms with Gasteiger partial charge in [0.1, 0.15) is 0 Å². The van der Waals surface area contributed by atoms with E-state index in [0.29, 0.717) is 49.7 Å². The van der Waals surface area contributed by atoms with Crippen molar-refractivity contribution in [3.63, 3.8) is 0 Å². The molecule has 0 bridgehead atoms. The standard InChI is InChI=1S/C38H47IN3O6/c1-5-6-17-42(29-12-9-10-26(19-29)21-39(2,3)4)35(43)24-41-23-31(27-14-15-33-34(20-27)48-25-47-33)36(38(45)46)32(41)16-18-40-22-28-11-7-8-13-30(28)37(40)44/h7-15,19-20,31-32,36H,5-6,16-18,21-25H2,1-4H3,(H,45,46)/q-1/t31-,32+,36-/m1/s1. The number of carboxylic acids is 1. The zero-order valence-corrected chi connectivity index (χ0v) is 30.5. The Morgan fingerprint density at radius 2 is 1.79 bits per heavy atom. The minimum absolute atomic E-state index is 0.0322. The van der Waals surface area contributed by atoms with Crippen LogP contribution >= 0.6 is 0 Å². The second kappa shape index (κ2) is 14.5. The fourth-order valence-corrected chi connectivity index (χ4v) is 10.5. The molecule has 258 valence electrons. The van der Waals surface area contributed by atoms with Gasteiger partial charge in [0.25, 0.3) is 5.91 Å². The second-order valence-electron chi connectivity index (χ2n) is 13.9. The van der Waals surface area contributed by atoms with Crippen molar-refractivity contribution in [1.82, 2.24) is 9.80 Å². The number of unbranched alkanes of at least 4 members (excludes halogenated alkanes) is 1. The van der Waals surface area contributed by atoms with Crippen molar-refractivity contribution in [1.29, 1.82) is 0 Å². The van der Waals surface area contributed by atoms with Crippen LogP contribution in [0, 0.1) is 5.92 Å². The monoisotopic (exact) mass is 768 g/mol. The maximum absolute atomic E-state index is 14.3. The van der Waals surface area contributed by atoms with E-state index >= 15 is 0 Å². The predicted molar refractivity (Wildman–Crippen MR) is 183 cm³/mol. The number of hydrogen-bond donors (Lipinski definition) is 1. The maximum atomic E-state index is 14.3. The van der Waals surface area contributed by atoms with Crippen molar-refractivity contribution in [2.45, 2.75) is 49.1 Å². The van der Waals surface area contributed by atoms with Crippen LogP contribution < -0.4 is 32.8 Å². The van der Waals surface area contributed by atoms with Gasteiger partial charge in [0.05, 0.1) is 0 Å². The normalized spacial score (nSPS) is 20.6. The van der Waals surface area contributed by atoms with E-state index in [1.807, 2.05) is 59.5 Å². The van der Waals surface area contributed by atoms with Gasteiger partial charge in [0.2, 0.25) is 6.79 Å². The number of hydrogen-bond acceptors (Lipinski definition) is 6. The Bertz CT molecular complexity index is 1670. The molecule has 10 heteroatoms. The average Bonchev–Trinajstić information content (AvgIpc) is 3.75. The summed E-state index contributed by atoms with van der Waals surface area (Å²) in [5.41, 5.74) is 4.69. The van der Waals surface area contributed by atoms with Gasteiger partial charge >= 0.3 is 202 Å². The van der Waals surface area contributed by atoms with Crippen LogP contribution in [0.4, 0.5) is 5.69 Å². The van der Waals surface area contributed by atoms with E-state index in [1.54, 1.807) is 4.90 Å². The SMILES string of the molecule is CCCCN(C(=O)CN1C[C@H](c2ccc3c(c2)OCO3)[C@@H](C(=O)O)[C@@H]1CCN1Cc2ccccc2C1=O)c1cccc(C[I-](C)(C)C)c1. The number of alkyl halides is 4. The molecule has 2 amide bonds. The van der Waals surface area contributed by atoms with Gasteiger partial charge in [-0.2, -0.15) is 0 Å². The third kappa shape index (κ3) is 7.49. The summed E-state index contributed by atoms with van der Waals surface area (Å²) in [7, 11) is 0. The summed E-state index contributed by atoms with van der Waals surface area (Å²) in [6.07, 6.45) is 2.25. The number of carbonyl (C=O) groups excluding carboxylic acids is 2. The molecule has 6 rings (SSSR count). The van der Waals surface area contributed by atoms with Crippen molar-refractivity contribution < 1.29 is 47.4 Å². The first-order valence-electron chi connectivity index (χ1n) is 16.7. The summed E-state index contributed by atoms with van der Waals surface area (Å²) < 4.78 is 12.2. The van der Waals surface area contributed by atoms with Gasteiger partial charge in [-0.25, -0.2) is 0 Å². The Hall–Kier alpha value is -3.64. The molecular formula is C38H47IN3O6-. The molecule has 3 aliphatic rings. The third-order valence-corrected chi connectivity index (χ3v) is 12.8. The molecule has 3 atom stereocenters. The number of fused-ring (bicyclic) bond motifs is 2. The summed E-state index contributed by atoms with van der Waals surface area (Å²) in [6, 6.07) is 21.2. The molecule has 3 aromatic carbocycles. The average molecular weight is 769 g/mol. The zero-order valence-electron chi connectivity index (χ0n) is 28.4. The number of ether oxygens (including phenoxy) is 2. The van der Waals surface area contributed by atoms with Crippen molar-refractivity contribution in [3.8, 4) is 11.5 Å². The van der Waals surface area contributed by atoms with Gasteiger partial charge in [0, 0.05) is 12.1 Å². The molecule has 0 saturated carbocycles. The van der Waals surface area contributed by atoms with E-state index in [-0.39, 0.29) is 31.1 Å². The number of amides is 2. The van der Waals surface area contributed by atoms with Gasteiger partial charge in [-0.15, -0.1) is 0 Å². The van der Waals surface area contributed by atoms with E-state index < -0.39 is 36.4 Å². The summed E-state index contributed by atoms with van der Waals surface area (Å²) in [4.78, 5) is 53.6. The number of carbonyl (C=O) groups is 3. The third-order valence-electron chi connectivity index (χ3n) is 9.60. The molecule has 0 unspecified atom stereocenters. The molecule has 9 nitrogen and oxygen atoms in total. The molecule has 1 saturated heterocycles. The number of carboxylic acid groups (broad SMARTS) is 1. The van der Waals surface area contributed by atoms with Crippen LogP contribution in [0.3, 0.4) is 0 Å². The van der Waals surface area contributed by atoms with Gasteiger partial charge in [-0.1, -0.05) is 18.2 Å². The van der Waals surface area contributed by atoms with E-state index in [1.165, 1.54) is 5.56 Å². The topological polar surface area (TPSA) is 99.6 Å². The van der Waals surface area contributed by atoms with Gasteiger partial charge < -0.3 is 9.47 Å². The number of rotatable bonds is 13. The molecule has 0 radical (unpaired) electrons. The quantitative estimate of drug-likeness (QED) is 0.211. The van der Waals surface area contributed by atoms with Crippen LogP contribution in [-0.2, 0) is 20.6 Å². The van der Waals surface area contributed by atoms with Crippen LogP contribution in [0.25, 0.3) is 0 Å². The summed E-state index contributed by atoms with van der Waals surface area (Å²) >= 11 is -1.81. The van der Waals surface area contributed by atoms with Crippen LogP contribution in [0.1, 0.15) is 59.2 Å². The number of nitrogens with zero attached hydrogens (tertiary/aromatic N) is 3. The molecule has 48 heavy (non-hydrogen) atoms. The molecular weight excluding hydrogens is 721 g/mol. The molecule has 1 fully saturated rings. The van der Waals surface area contributed by atoms with Crippen LogP contribution in [-0.4, -0.2) is 86.5 Å². The fraction of sp³-hybridized carbons (Fsp3) is 0.447. The number of likely N-dealkylation sites (tertiary alicyclic amines) is 1. The van der Waals surface area contributed by atoms with Crippen molar-refractivity contribution in [2.75, 3.05) is 52.7 Å². The zero-order chi connectivity index (χ0) is 34.0. The van der Waals surface area contributed by atoms with Crippen molar-refractivity contribution >= 4 is 23.5 Å². The van der Waals surface area contributed by atoms with Crippen LogP contribution in [0.15, 0.2) is 66.7 Å². The van der Waals surface area contributed by atoms with E-state index in [2.05, 4.69) is 38.7 Å². The number of halogens is 1.